The smallest absolute Gasteiger partial charge is 0.413 e. The minimum absolute atomic E-state index is 0.170. The Morgan fingerprint density at radius 1 is 1.29 bits per heavy atom. The summed E-state index contributed by atoms with van der Waals surface area (Å²) in [5.74, 6) is -0.170. The zero-order valence-corrected chi connectivity index (χ0v) is 15.5. The van der Waals surface area contributed by atoms with E-state index in [9.17, 15) is 9.59 Å². The Labute approximate surface area is 147 Å². The van der Waals surface area contributed by atoms with Gasteiger partial charge in [-0.1, -0.05) is 31.2 Å². The molecule has 0 unspecified atom stereocenters. The maximum atomic E-state index is 11.6. The van der Waals surface area contributed by atoms with E-state index >= 15 is 0 Å². The van der Waals surface area contributed by atoms with Crippen LogP contribution in [0.2, 0.25) is 0 Å². The van der Waals surface area contributed by atoms with E-state index in [1.807, 2.05) is 24.5 Å². The number of benzene rings is 1. The fourth-order valence-electron chi connectivity index (χ4n) is 1.99. The van der Waals surface area contributed by atoms with E-state index in [1.165, 1.54) is 18.7 Å². The van der Waals surface area contributed by atoms with Gasteiger partial charge in [-0.3, -0.25) is 10.1 Å². The molecule has 24 heavy (non-hydrogen) atoms. The van der Waals surface area contributed by atoms with Crippen LogP contribution in [0.4, 0.5) is 16.2 Å². The predicted molar refractivity (Wildman–Crippen MR) is 100 cm³/mol. The zero-order chi connectivity index (χ0) is 17.9. The minimum Gasteiger partial charge on any atom is -0.450 e. The highest BCUT2D eigenvalue weighted by Gasteiger charge is 2.09. The largest absolute Gasteiger partial charge is 0.450 e. The van der Waals surface area contributed by atoms with Crippen molar-refractivity contribution >= 4 is 40.3 Å². The number of anilines is 1. The van der Waals surface area contributed by atoms with Gasteiger partial charge in [0, 0.05) is 6.92 Å². The molecule has 2 N–H and O–H groups in total. The van der Waals surface area contributed by atoms with Crippen molar-refractivity contribution < 1.29 is 14.3 Å². The molecular weight excluding hydrogens is 326 g/mol. The number of aryl methyl sites for hydroxylation is 1. The van der Waals surface area contributed by atoms with Crippen LogP contribution in [0.25, 0.3) is 0 Å². The van der Waals surface area contributed by atoms with Gasteiger partial charge in [-0.05, 0) is 43.7 Å². The Bertz CT molecular complexity index is 603. The number of amidine groups is 1. The number of carbonyl (C=O) groups excluding carboxylic acids is 2. The monoisotopic (exact) mass is 351 g/mol. The first-order chi connectivity index (χ1) is 11.5. The van der Waals surface area contributed by atoms with Crippen LogP contribution >= 0.6 is 11.8 Å². The van der Waals surface area contributed by atoms with Crippen molar-refractivity contribution in [3.63, 3.8) is 0 Å². The number of thioether (sulfide) groups is 1. The normalized spacial score (nSPS) is 11.1. The highest BCUT2D eigenvalue weighted by Crippen LogP contribution is 2.28. The van der Waals surface area contributed by atoms with Crippen LogP contribution < -0.4 is 10.6 Å². The second-order valence-corrected chi connectivity index (χ2v) is 5.90. The Kier molecular flexibility index (Phi) is 8.93. The molecular formula is C17H25N3O3S. The fourth-order valence-corrected chi connectivity index (χ4v) is 2.37. The van der Waals surface area contributed by atoms with E-state index in [2.05, 4.69) is 22.5 Å². The molecule has 1 aromatic rings. The molecule has 0 atom stereocenters. The molecule has 0 aliphatic heterocycles. The van der Waals surface area contributed by atoms with Crippen LogP contribution in [0.15, 0.2) is 23.2 Å². The van der Waals surface area contributed by atoms with Crippen LogP contribution in [0.1, 0.15) is 39.2 Å². The topological polar surface area (TPSA) is 79.8 Å². The average Bonchev–Trinajstić information content (AvgIpc) is 2.54. The van der Waals surface area contributed by atoms with Crippen molar-refractivity contribution in [2.24, 2.45) is 4.99 Å². The first kappa shape index (κ1) is 20.0. The van der Waals surface area contributed by atoms with Gasteiger partial charge in [-0.25, -0.2) is 9.79 Å². The number of amides is 2. The van der Waals surface area contributed by atoms with Crippen LogP contribution in [0.5, 0.6) is 0 Å². The number of rotatable bonds is 6. The van der Waals surface area contributed by atoms with Gasteiger partial charge >= 0.3 is 6.09 Å². The van der Waals surface area contributed by atoms with E-state index in [0.717, 1.165) is 24.8 Å². The molecule has 0 fully saturated rings. The van der Waals surface area contributed by atoms with Crippen LogP contribution in [0, 0.1) is 0 Å². The van der Waals surface area contributed by atoms with Crippen molar-refractivity contribution in [3.05, 3.63) is 23.8 Å². The first-order valence-electron chi connectivity index (χ1n) is 7.97. The van der Waals surface area contributed by atoms with Crippen molar-refractivity contribution in [1.82, 2.24) is 5.32 Å². The first-order valence-corrected chi connectivity index (χ1v) is 9.19. The summed E-state index contributed by atoms with van der Waals surface area (Å²) in [5, 5.41) is 5.77. The van der Waals surface area contributed by atoms with E-state index in [-0.39, 0.29) is 12.5 Å². The van der Waals surface area contributed by atoms with Crippen molar-refractivity contribution in [2.75, 3.05) is 18.2 Å². The highest BCUT2D eigenvalue weighted by atomic mass is 32.2. The van der Waals surface area contributed by atoms with Crippen molar-refractivity contribution in [2.45, 2.75) is 40.0 Å². The van der Waals surface area contributed by atoms with Gasteiger partial charge in [-0.15, -0.1) is 0 Å². The van der Waals surface area contributed by atoms with E-state index in [0.29, 0.717) is 16.5 Å². The highest BCUT2D eigenvalue weighted by molar-refractivity contribution is 8.13. The Morgan fingerprint density at radius 3 is 2.62 bits per heavy atom. The summed E-state index contributed by atoms with van der Waals surface area (Å²) in [5.41, 5.74) is 2.36. The van der Waals surface area contributed by atoms with Gasteiger partial charge in [0.2, 0.25) is 5.91 Å². The summed E-state index contributed by atoms with van der Waals surface area (Å²) >= 11 is 1.30. The number of ether oxygens (including phenoxy) is 1. The molecule has 132 valence electrons. The summed E-state index contributed by atoms with van der Waals surface area (Å²) in [7, 11) is 0. The lowest BCUT2D eigenvalue weighted by molar-refractivity contribution is -0.114. The van der Waals surface area contributed by atoms with Gasteiger partial charge < -0.3 is 10.1 Å². The number of nitrogens with zero attached hydrogens (tertiary/aromatic N) is 1. The summed E-state index contributed by atoms with van der Waals surface area (Å²) < 4.78 is 4.87. The van der Waals surface area contributed by atoms with Crippen LogP contribution in [-0.4, -0.2) is 30.0 Å². The molecule has 0 aliphatic rings. The molecule has 0 aliphatic carbocycles. The molecule has 2 amide bonds. The standard InChI is InChI=1S/C17H25N3O3S/c1-5-7-8-13-9-10-14(18-12(3)21)15(11-13)19-16(24-4)20-17(22)23-6-2/h9-11H,5-8H2,1-4H3,(H,18,21)(H,19,20,22). The van der Waals surface area contributed by atoms with Gasteiger partial charge in [-0.2, -0.15) is 0 Å². The van der Waals surface area contributed by atoms with E-state index in [1.54, 1.807) is 6.92 Å². The molecule has 6 nitrogen and oxygen atoms in total. The molecule has 1 aromatic carbocycles. The lowest BCUT2D eigenvalue weighted by atomic mass is 10.1. The molecule has 0 heterocycles. The Hall–Kier alpha value is -2.02. The van der Waals surface area contributed by atoms with Gasteiger partial charge in [0.05, 0.1) is 18.0 Å². The summed E-state index contributed by atoms with van der Waals surface area (Å²) in [6.07, 6.45) is 4.39. The third-order valence-electron chi connectivity index (χ3n) is 3.09. The average molecular weight is 351 g/mol. The third-order valence-corrected chi connectivity index (χ3v) is 3.67. The SMILES string of the molecule is CCCCc1ccc(NC(C)=O)c(N=C(NC(=O)OCC)SC)c1. The second-order valence-electron chi connectivity index (χ2n) is 5.10. The minimum atomic E-state index is -0.547. The molecule has 0 saturated heterocycles. The molecule has 0 saturated carbocycles. The fraction of sp³-hybridized carbons (Fsp3) is 0.471. The summed E-state index contributed by atoms with van der Waals surface area (Å²) in [4.78, 5) is 27.4. The van der Waals surface area contributed by atoms with Crippen LogP contribution in [-0.2, 0) is 16.0 Å². The van der Waals surface area contributed by atoms with E-state index < -0.39 is 6.09 Å². The molecule has 0 aromatic heterocycles. The maximum absolute atomic E-state index is 11.6. The lowest BCUT2D eigenvalue weighted by Gasteiger charge is -2.11. The van der Waals surface area contributed by atoms with Gasteiger partial charge in [0.25, 0.3) is 0 Å². The zero-order valence-electron chi connectivity index (χ0n) is 14.6. The van der Waals surface area contributed by atoms with Crippen molar-refractivity contribution in [3.8, 4) is 0 Å². The third kappa shape index (κ3) is 7.04. The number of carbonyl (C=O) groups is 2. The lowest BCUT2D eigenvalue weighted by Crippen LogP contribution is -2.28. The van der Waals surface area contributed by atoms with E-state index in [4.69, 9.17) is 4.74 Å². The number of unbranched alkanes of at least 4 members (excludes halogenated alkanes) is 1. The van der Waals surface area contributed by atoms with Gasteiger partial charge in [0.1, 0.15) is 0 Å². The van der Waals surface area contributed by atoms with Crippen molar-refractivity contribution in [1.29, 1.82) is 0 Å². The Balaban J connectivity index is 3.11. The predicted octanol–water partition coefficient (Wildman–Crippen LogP) is 4.08. The molecule has 1 rings (SSSR count). The second kappa shape index (κ2) is 10.7. The summed E-state index contributed by atoms with van der Waals surface area (Å²) in [6, 6.07) is 5.76. The number of alkyl carbamates (subject to hydrolysis) is 1. The van der Waals surface area contributed by atoms with Crippen LogP contribution in [0.3, 0.4) is 0 Å². The maximum Gasteiger partial charge on any atom is 0.413 e. The number of aliphatic imine (C=N–C) groups is 1. The molecule has 0 radical (unpaired) electrons. The molecule has 0 spiro atoms. The van der Waals surface area contributed by atoms with Gasteiger partial charge in [0.15, 0.2) is 5.17 Å². The molecule has 0 bridgehead atoms. The Morgan fingerprint density at radius 2 is 2.04 bits per heavy atom. The molecule has 7 heteroatoms. The quantitative estimate of drug-likeness (QED) is 0.598. The number of hydrogen-bond acceptors (Lipinski definition) is 5. The number of nitrogens with one attached hydrogen (secondary N) is 2. The number of hydrogen-bond donors (Lipinski definition) is 2. The summed E-state index contributed by atoms with van der Waals surface area (Å²) in [6.45, 7) is 5.61.